The Morgan fingerprint density at radius 1 is 1.50 bits per heavy atom. The van der Waals surface area contributed by atoms with Crippen molar-refractivity contribution in [1.29, 1.82) is 5.26 Å². The SMILES string of the molecule is Cn1cnnc1CNS(=O)(=O)c1ccc(C#N)cc1Cl. The summed E-state index contributed by atoms with van der Waals surface area (Å²) in [6.45, 7) is -0.00480. The third-order valence-electron chi connectivity index (χ3n) is 2.58. The van der Waals surface area contributed by atoms with Crippen molar-refractivity contribution in [3.8, 4) is 6.07 Å². The lowest BCUT2D eigenvalue weighted by molar-refractivity contribution is 0.577. The van der Waals surface area contributed by atoms with Gasteiger partial charge in [-0.1, -0.05) is 11.6 Å². The van der Waals surface area contributed by atoms with Crippen LogP contribution in [0.4, 0.5) is 0 Å². The molecule has 0 atom stereocenters. The molecule has 0 saturated carbocycles. The fourth-order valence-corrected chi connectivity index (χ4v) is 3.02. The lowest BCUT2D eigenvalue weighted by atomic mass is 10.2. The molecule has 104 valence electrons. The van der Waals surface area contributed by atoms with Crippen LogP contribution in [0, 0.1) is 11.3 Å². The van der Waals surface area contributed by atoms with Crippen molar-refractivity contribution in [2.75, 3.05) is 0 Å². The maximum absolute atomic E-state index is 12.1. The quantitative estimate of drug-likeness (QED) is 0.900. The molecule has 0 spiro atoms. The van der Waals surface area contributed by atoms with E-state index in [1.807, 2.05) is 6.07 Å². The predicted molar refractivity (Wildman–Crippen MR) is 71.2 cm³/mol. The minimum Gasteiger partial charge on any atom is -0.320 e. The van der Waals surface area contributed by atoms with Gasteiger partial charge in [-0.25, -0.2) is 13.1 Å². The van der Waals surface area contributed by atoms with Crippen LogP contribution in [-0.4, -0.2) is 23.2 Å². The molecule has 1 aromatic heterocycles. The Hall–Kier alpha value is -1.95. The average molecular weight is 312 g/mol. The molecule has 0 amide bonds. The van der Waals surface area contributed by atoms with E-state index >= 15 is 0 Å². The van der Waals surface area contributed by atoms with Crippen LogP contribution in [0.15, 0.2) is 29.4 Å². The molecule has 0 aliphatic rings. The number of hydrogen-bond acceptors (Lipinski definition) is 5. The second kappa shape index (κ2) is 5.58. The third-order valence-corrected chi connectivity index (χ3v) is 4.46. The van der Waals surface area contributed by atoms with Crippen LogP contribution in [0.2, 0.25) is 5.02 Å². The minimum absolute atomic E-state index is 0.00480. The largest absolute Gasteiger partial charge is 0.320 e. The number of nitrogens with one attached hydrogen (secondary N) is 1. The lowest BCUT2D eigenvalue weighted by Gasteiger charge is -2.08. The van der Waals surface area contributed by atoms with Gasteiger partial charge < -0.3 is 4.57 Å². The van der Waals surface area contributed by atoms with Gasteiger partial charge in [0.05, 0.1) is 23.2 Å². The van der Waals surface area contributed by atoms with Gasteiger partial charge in [-0.3, -0.25) is 0 Å². The van der Waals surface area contributed by atoms with Gasteiger partial charge in [0.15, 0.2) is 0 Å². The summed E-state index contributed by atoms with van der Waals surface area (Å²) in [4.78, 5) is -0.0830. The van der Waals surface area contributed by atoms with Crippen molar-refractivity contribution in [1.82, 2.24) is 19.5 Å². The van der Waals surface area contributed by atoms with Crippen molar-refractivity contribution >= 4 is 21.6 Å². The van der Waals surface area contributed by atoms with Crippen LogP contribution < -0.4 is 4.72 Å². The van der Waals surface area contributed by atoms with Gasteiger partial charge in [-0.15, -0.1) is 10.2 Å². The van der Waals surface area contributed by atoms with E-state index in [4.69, 9.17) is 16.9 Å². The van der Waals surface area contributed by atoms with Crippen molar-refractivity contribution < 1.29 is 8.42 Å². The fraction of sp³-hybridized carbons (Fsp3) is 0.182. The smallest absolute Gasteiger partial charge is 0.242 e. The molecule has 20 heavy (non-hydrogen) atoms. The molecule has 0 unspecified atom stereocenters. The minimum atomic E-state index is -3.78. The van der Waals surface area contributed by atoms with E-state index in [0.717, 1.165) is 0 Å². The Morgan fingerprint density at radius 2 is 2.25 bits per heavy atom. The number of nitrogens with zero attached hydrogens (tertiary/aromatic N) is 4. The number of benzene rings is 1. The number of aromatic nitrogens is 3. The van der Waals surface area contributed by atoms with E-state index in [-0.39, 0.29) is 16.5 Å². The summed E-state index contributed by atoms with van der Waals surface area (Å²) >= 11 is 5.88. The zero-order valence-electron chi connectivity index (χ0n) is 10.4. The molecule has 1 heterocycles. The van der Waals surface area contributed by atoms with Gasteiger partial charge in [0, 0.05) is 7.05 Å². The standard InChI is InChI=1S/C11H10ClN5O2S/c1-17-7-14-16-11(17)6-15-20(18,19)10-3-2-8(5-13)4-9(10)12/h2-4,7,15H,6H2,1H3. The summed E-state index contributed by atoms with van der Waals surface area (Å²) in [6.07, 6.45) is 1.47. The molecule has 0 saturated heterocycles. The maximum atomic E-state index is 12.1. The number of sulfonamides is 1. The van der Waals surface area contributed by atoms with Gasteiger partial charge in [0.1, 0.15) is 17.0 Å². The monoisotopic (exact) mass is 311 g/mol. The molecule has 0 fully saturated rings. The van der Waals surface area contributed by atoms with Crippen LogP contribution in [0.3, 0.4) is 0 Å². The highest BCUT2D eigenvalue weighted by molar-refractivity contribution is 7.89. The van der Waals surface area contributed by atoms with Gasteiger partial charge >= 0.3 is 0 Å². The molecule has 9 heteroatoms. The zero-order chi connectivity index (χ0) is 14.8. The highest BCUT2D eigenvalue weighted by atomic mass is 35.5. The van der Waals surface area contributed by atoms with Gasteiger partial charge in [0.25, 0.3) is 0 Å². The highest BCUT2D eigenvalue weighted by Gasteiger charge is 2.18. The lowest BCUT2D eigenvalue weighted by Crippen LogP contribution is -2.25. The van der Waals surface area contributed by atoms with E-state index in [9.17, 15) is 8.42 Å². The molecule has 2 rings (SSSR count). The van der Waals surface area contributed by atoms with Crippen molar-refractivity contribution in [3.63, 3.8) is 0 Å². The summed E-state index contributed by atoms with van der Waals surface area (Å²) in [5.41, 5.74) is 0.294. The third kappa shape index (κ3) is 2.96. The summed E-state index contributed by atoms with van der Waals surface area (Å²) in [5, 5.41) is 16.1. The first kappa shape index (κ1) is 14.5. The molecule has 0 radical (unpaired) electrons. The van der Waals surface area contributed by atoms with Crippen LogP contribution in [-0.2, 0) is 23.6 Å². The van der Waals surface area contributed by atoms with Crippen molar-refractivity contribution in [3.05, 3.63) is 40.9 Å². The molecule has 0 bridgehead atoms. The highest BCUT2D eigenvalue weighted by Crippen LogP contribution is 2.22. The first-order chi connectivity index (χ1) is 9.44. The number of halogens is 1. The van der Waals surface area contributed by atoms with E-state index < -0.39 is 10.0 Å². The summed E-state index contributed by atoms with van der Waals surface area (Å²) < 4.78 is 28.2. The molecule has 7 nitrogen and oxygen atoms in total. The summed E-state index contributed by atoms with van der Waals surface area (Å²) in [6, 6.07) is 5.87. The number of aryl methyl sites for hydroxylation is 1. The van der Waals surface area contributed by atoms with Gasteiger partial charge in [-0.2, -0.15) is 5.26 Å². The van der Waals surface area contributed by atoms with E-state index in [0.29, 0.717) is 11.4 Å². The molecular formula is C11H10ClN5O2S. The topological polar surface area (TPSA) is 101 Å². The Bertz CT molecular complexity index is 778. The number of nitriles is 1. The second-order valence-electron chi connectivity index (χ2n) is 3.94. The van der Waals surface area contributed by atoms with E-state index in [2.05, 4.69) is 14.9 Å². The molecule has 0 aliphatic heterocycles. The first-order valence-electron chi connectivity index (χ1n) is 5.46. The zero-order valence-corrected chi connectivity index (χ0v) is 12.0. The normalized spacial score (nSPS) is 11.2. The molecule has 1 N–H and O–H groups in total. The van der Waals surface area contributed by atoms with Gasteiger partial charge in [-0.05, 0) is 18.2 Å². The second-order valence-corrected chi connectivity index (χ2v) is 6.08. The maximum Gasteiger partial charge on any atom is 0.242 e. The molecule has 0 aliphatic carbocycles. The molecule has 2 aromatic rings. The number of hydrogen-bond donors (Lipinski definition) is 1. The molecule has 1 aromatic carbocycles. The average Bonchev–Trinajstić information content (AvgIpc) is 2.81. The Labute approximate surface area is 120 Å². The Morgan fingerprint density at radius 3 is 2.80 bits per heavy atom. The predicted octanol–water partition coefficient (Wildman–Crippen LogP) is 0.819. The Kier molecular flexibility index (Phi) is 4.04. The van der Waals surface area contributed by atoms with E-state index in [1.54, 1.807) is 11.6 Å². The van der Waals surface area contributed by atoms with Gasteiger partial charge in [0.2, 0.25) is 10.0 Å². The number of rotatable bonds is 4. The van der Waals surface area contributed by atoms with Crippen LogP contribution >= 0.6 is 11.6 Å². The van der Waals surface area contributed by atoms with E-state index in [1.165, 1.54) is 24.5 Å². The van der Waals surface area contributed by atoms with Crippen LogP contribution in [0.5, 0.6) is 0 Å². The Balaban J connectivity index is 2.23. The fourth-order valence-electron chi connectivity index (χ4n) is 1.49. The van der Waals surface area contributed by atoms with Crippen molar-refractivity contribution in [2.24, 2.45) is 7.05 Å². The van der Waals surface area contributed by atoms with Crippen LogP contribution in [0.25, 0.3) is 0 Å². The summed E-state index contributed by atoms with van der Waals surface area (Å²) in [5.74, 6) is 0.471. The van der Waals surface area contributed by atoms with Crippen LogP contribution in [0.1, 0.15) is 11.4 Å². The molecular weight excluding hydrogens is 302 g/mol. The summed E-state index contributed by atoms with van der Waals surface area (Å²) in [7, 11) is -2.07. The van der Waals surface area contributed by atoms with Crippen molar-refractivity contribution in [2.45, 2.75) is 11.4 Å². The first-order valence-corrected chi connectivity index (χ1v) is 7.32.